The van der Waals surface area contributed by atoms with E-state index in [1.165, 1.54) is 0 Å². The van der Waals surface area contributed by atoms with Gasteiger partial charge in [0, 0.05) is 31.9 Å². The molecule has 1 fully saturated rings. The van der Waals surface area contributed by atoms with Gasteiger partial charge in [-0.2, -0.15) is 0 Å². The minimum atomic E-state index is 0.154. The number of hydrogen-bond donors (Lipinski definition) is 1. The summed E-state index contributed by atoms with van der Waals surface area (Å²) >= 11 is 0. The molecule has 1 N–H and O–H groups in total. The second-order valence-electron chi connectivity index (χ2n) is 5.01. The van der Waals surface area contributed by atoms with Gasteiger partial charge >= 0.3 is 0 Å². The monoisotopic (exact) mass is 249 g/mol. The standard InChI is InChI=1S/C14H23N3O/c1-4-17(12-6-5-9-15-10-12)14(18)13-8-7-11(2)16(13)3/h7-8,12,15H,4-6,9-10H2,1-3H3. The van der Waals surface area contributed by atoms with Gasteiger partial charge in [-0.05, 0) is 45.4 Å². The summed E-state index contributed by atoms with van der Waals surface area (Å²) in [5.74, 6) is 0.154. The number of nitrogens with one attached hydrogen (secondary N) is 1. The number of carbonyl (C=O) groups excluding carboxylic acids is 1. The molecule has 0 bridgehead atoms. The molecule has 2 rings (SSSR count). The Morgan fingerprint density at radius 2 is 2.33 bits per heavy atom. The van der Waals surface area contributed by atoms with Crippen molar-refractivity contribution in [2.24, 2.45) is 7.05 Å². The van der Waals surface area contributed by atoms with E-state index in [-0.39, 0.29) is 5.91 Å². The highest BCUT2D eigenvalue weighted by molar-refractivity contribution is 5.93. The fourth-order valence-electron chi connectivity index (χ4n) is 2.64. The minimum absolute atomic E-state index is 0.154. The molecule has 2 heterocycles. The molecule has 4 heteroatoms. The second kappa shape index (κ2) is 5.57. The van der Waals surface area contributed by atoms with Crippen LogP contribution in [0.15, 0.2) is 12.1 Å². The number of aryl methyl sites for hydroxylation is 1. The van der Waals surface area contributed by atoms with E-state index in [2.05, 4.69) is 12.2 Å². The molecule has 1 aliphatic heterocycles. The fraction of sp³-hybridized carbons (Fsp3) is 0.643. The highest BCUT2D eigenvalue weighted by Gasteiger charge is 2.26. The Kier molecular flexibility index (Phi) is 4.07. The van der Waals surface area contributed by atoms with E-state index in [1.807, 2.05) is 35.6 Å². The predicted molar refractivity (Wildman–Crippen MR) is 72.8 cm³/mol. The molecular formula is C14H23N3O. The van der Waals surface area contributed by atoms with Crippen LogP contribution in [0.1, 0.15) is 35.9 Å². The number of amides is 1. The van der Waals surface area contributed by atoms with E-state index in [0.29, 0.717) is 6.04 Å². The van der Waals surface area contributed by atoms with Gasteiger partial charge in [-0.25, -0.2) is 0 Å². The summed E-state index contributed by atoms with van der Waals surface area (Å²) in [5, 5.41) is 3.38. The van der Waals surface area contributed by atoms with E-state index in [9.17, 15) is 4.79 Å². The molecule has 1 unspecified atom stereocenters. The fourth-order valence-corrected chi connectivity index (χ4v) is 2.64. The predicted octanol–water partition coefficient (Wildman–Crippen LogP) is 1.55. The first-order chi connectivity index (χ1) is 8.65. The van der Waals surface area contributed by atoms with E-state index >= 15 is 0 Å². The number of likely N-dealkylation sites (N-methyl/N-ethyl adjacent to an activating group) is 1. The Morgan fingerprint density at radius 3 is 2.83 bits per heavy atom. The molecular weight excluding hydrogens is 226 g/mol. The van der Waals surface area contributed by atoms with Gasteiger partial charge < -0.3 is 14.8 Å². The SMILES string of the molecule is CCN(C(=O)c1ccc(C)n1C)C1CCCNC1. The average molecular weight is 249 g/mol. The van der Waals surface area contributed by atoms with Crippen molar-refractivity contribution in [3.8, 4) is 0 Å². The third kappa shape index (κ3) is 2.43. The number of nitrogens with zero attached hydrogens (tertiary/aromatic N) is 2. The van der Waals surface area contributed by atoms with Crippen molar-refractivity contribution < 1.29 is 4.79 Å². The molecule has 0 radical (unpaired) electrons. The van der Waals surface area contributed by atoms with E-state index in [1.54, 1.807) is 0 Å². The molecule has 1 atom stereocenters. The zero-order chi connectivity index (χ0) is 13.1. The van der Waals surface area contributed by atoms with Crippen molar-refractivity contribution in [2.45, 2.75) is 32.7 Å². The Morgan fingerprint density at radius 1 is 1.56 bits per heavy atom. The van der Waals surface area contributed by atoms with Gasteiger partial charge in [-0.1, -0.05) is 0 Å². The molecule has 1 amide bonds. The number of aromatic nitrogens is 1. The van der Waals surface area contributed by atoms with Gasteiger partial charge in [0.25, 0.3) is 5.91 Å². The summed E-state index contributed by atoms with van der Waals surface area (Å²) in [5.41, 5.74) is 1.91. The van der Waals surface area contributed by atoms with Crippen LogP contribution < -0.4 is 5.32 Å². The summed E-state index contributed by atoms with van der Waals surface area (Å²) in [6, 6.07) is 4.27. The van der Waals surface area contributed by atoms with Crippen LogP contribution in [0.5, 0.6) is 0 Å². The Bertz CT molecular complexity index is 419. The second-order valence-corrected chi connectivity index (χ2v) is 5.01. The highest BCUT2D eigenvalue weighted by atomic mass is 16.2. The molecule has 100 valence electrons. The lowest BCUT2D eigenvalue weighted by atomic mass is 10.1. The molecule has 1 aliphatic rings. The molecule has 0 spiro atoms. The smallest absolute Gasteiger partial charge is 0.270 e. The van der Waals surface area contributed by atoms with Crippen LogP contribution in [0.3, 0.4) is 0 Å². The summed E-state index contributed by atoms with van der Waals surface area (Å²) < 4.78 is 1.97. The van der Waals surface area contributed by atoms with Crippen molar-refractivity contribution in [1.29, 1.82) is 0 Å². The third-order valence-corrected chi connectivity index (χ3v) is 3.91. The van der Waals surface area contributed by atoms with Crippen LogP contribution in [0.25, 0.3) is 0 Å². The summed E-state index contributed by atoms with van der Waals surface area (Å²) in [6.45, 7) is 6.85. The van der Waals surface area contributed by atoms with Crippen LogP contribution in [-0.4, -0.2) is 41.1 Å². The lowest BCUT2D eigenvalue weighted by molar-refractivity contribution is 0.0652. The maximum Gasteiger partial charge on any atom is 0.270 e. The lowest BCUT2D eigenvalue weighted by Gasteiger charge is -2.34. The number of hydrogen-bond acceptors (Lipinski definition) is 2. The first-order valence-electron chi connectivity index (χ1n) is 6.79. The molecule has 1 aromatic heterocycles. The Hall–Kier alpha value is -1.29. The number of piperidine rings is 1. The van der Waals surface area contributed by atoms with Crippen LogP contribution in [0, 0.1) is 6.92 Å². The zero-order valence-corrected chi connectivity index (χ0v) is 11.6. The van der Waals surface area contributed by atoms with Gasteiger partial charge in [-0.3, -0.25) is 4.79 Å². The van der Waals surface area contributed by atoms with E-state index in [4.69, 9.17) is 0 Å². The molecule has 0 aromatic carbocycles. The first-order valence-corrected chi connectivity index (χ1v) is 6.79. The van der Waals surface area contributed by atoms with Crippen molar-refractivity contribution in [3.63, 3.8) is 0 Å². The zero-order valence-electron chi connectivity index (χ0n) is 11.6. The molecule has 0 saturated carbocycles. The van der Waals surface area contributed by atoms with Crippen LogP contribution in [0.2, 0.25) is 0 Å². The maximum atomic E-state index is 12.6. The third-order valence-electron chi connectivity index (χ3n) is 3.91. The lowest BCUT2D eigenvalue weighted by Crippen LogP contribution is -2.49. The van der Waals surface area contributed by atoms with Crippen molar-refractivity contribution in [2.75, 3.05) is 19.6 Å². The summed E-state index contributed by atoms with van der Waals surface area (Å²) in [7, 11) is 1.95. The van der Waals surface area contributed by atoms with Crippen molar-refractivity contribution >= 4 is 5.91 Å². The highest BCUT2D eigenvalue weighted by Crippen LogP contribution is 2.15. The molecule has 18 heavy (non-hydrogen) atoms. The van der Waals surface area contributed by atoms with Gasteiger partial charge in [0.15, 0.2) is 0 Å². The Labute approximate surface area is 109 Å². The van der Waals surface area contributed by atoms with Gasteiger partial charge in [0.2, 0.25) is 0 Å². The van der Waals surface area contributed by atoms with Crippen LogP contribution in [-0.2, 0) is 7.05 Å². The molecule has 1 saturated heterocycles. The molecule has 1 aromatic rings. The maximum absolute atomic E-state index is 12.6. The average Bonchev–Trinajstić information content (AvgIpc) is 2.72. The Balaban J connectivity index is 2.16. The largest absolute Gasteiger partial charge is 0.344 e. The van der Waals surface area contributed by atoms with E-state index in [0.717, 1.165) is 43.9 Å². The molecule has 4 nitrogen and oxygen atoms in total. The molecule has 0 aliphatic carbocycles. The summed E-state index contributed by atoms with van der Waals surface area (Å²) in [6.07, 6.45) is 2.26. The van der Waals surface area contributed by atoms with Gasteiger partial charge in [0.1, 0.15) is 5.69 Å². The van der Waals surface area contributed by atoms with Crippen molar-refractivity contribution in [3.05, 3.63) is 23.5 Å². The van der Waals surface area contributed by atoms with Crippen LogP contribution in [0.4, 0.5) is 0 Å². The van der Waals surface area contributed by atoms with Crippen molar-refractivity contribution in [1.82, 2.24) is 14.8 Å². The quantitative estimate of drug-likeness (QED) is 0.882. The number of carbonyl (C=O) groups is 1. The normalized spacial score (nSPS) is 19.8. The number of rotatable bonds is 3. The van der Waals surface area contributed by atoms with Gasteiger partial charge in [-0.15, -0.1) is 0 Å². The topological polar surface area (TPSA) is 37.3 Å². The van der Waals surface area contributed by atoms with Crippen LogP contribution >= 0.6 is 0 Å². The van der Waals surface area contributed by atoms with Gasteiger partial charge in [0.05, 0.1) is 0 Å². The summed E-state index contributed by atoms with van der Waals surface area (Å²) in [4.78, 5) is 14.6. The first kappa shape index (κ1) is 13.1. The van der Waals surface area contributed by atoms with E-state index < -0.39 is 0 Å². The minimum Gasteiger partial charge on any atom is -0.344 e.